The Labute approximate surface area is 102 Å². The van der Waals surface area contributed by atoms with Gasteiger partial charge >= 0.3 is 0 Å². The number of rotatable bonds is 2. The molecule has 0 aromatic heterocycles. The van der Waals surface area contributed by atoms with Crippen LogP contribution in [0, 0.1) is 5.92 Å². The molecule has 1 unspecified atom stereocenters. The number of amides is 1. The van der Waals surface area contributed by atoms with Gasteiger partial charge in [0.1, 0.15) is 5.75 Å². The minimum absolute atomic E-state index is 0.00150. The van der Waals surface area contributed by atoms with Crippen LogP contribution in [0.1, 0.15) is 6.42 Å². The van der Waals surface area contributed by atoms with Crippen molar-refractivity contribution in [1.29, 1.82) is 0 Å². The number of anilines is 1. The van der Waals surface area contributed by atoms with Crippen molar-refractivity contribution in [3.8, 4) is 5.75 Å². The van der Waals surface area contributed by atoms with Gasteiger partial charge in [-0.2, -0.15) is 0 Å². The summed E-state index contributed by atoms with van der Waals surface area (Å²) in [4.78, 5) is 11.8. The molecule has 4 nitrogen and oxygen atoms in total. The first-order valence-electron chi connectivity index (χ1n) is 5.17. The average Bonchev–Trinajstić information content (AvgIpc) is 2.76. The van der Waals surface area contributed by atoms with Gasteiger partial charge in [-0.3, -0.25) is 4.79 Å². The van der Waals surface area contributed by atoms with Crippen LogP contribution in [0.25, 0.3) is 0 Å². The smallest absolute Gasteiger partial charge is 0.228 e. The average molecular weight is 285 g/mol. The number of phenols is 1. The van der Waals surface area contributed by atoms with Crippen molar-refractivity contribution in [2.24, 2.45) is 5.92 Å². The van der Waals surface area contributed by atoms with E-state index < -0.39 is 0 Å². The zero-order chi connectivity index (χ0) is 11.5. The van der Waals surface area contributed by atoms with E-state index in [-0.39, 0.29) is 17.6 Å². The van der Waals surface area contributed by atoms with Crippen LogP contribution in [0.5, 0.6) is 5.75 Å². The molecule has 16 heavy (non-hydrogen) atoms. The number of nitrogens with one attached hydrogen (secondary N) is 2. The van der Waals surface area contributed by atoms with Gasteiger partial charge in [0.25, 0.3) is 0 Å². The van der Waals surface area contributed by atoms with Crippen LogP contribution in [0.2, 0.25) is 0 Å². The van der Waals surface area contributed by atoms with Gasteiger partial charge in [0.2, 0.25) is 5.91 Å². The predicted molar refractivity (Wildman–Crippen MR) is 65.4 cm³/mol. The van der Waals surface area contributed by atoms with Crippen LogP contribution in [-0.2, 0) is 4.79 Å². The molecule has 0 radical (unpaired) electrons. The van der Waals surface area contributed by atoms with Gasteiger partial charge in [-0.1, -0.05) is 15.9 Å². The second kappa shape index (κ2) is 4.84. The summed E-state index contributed by atoms with van der Waals surface area (Å²) in [5, 5.41) is 15.4. The number of carbonyl (C=O) groups excluding carboxylic acids is 1. The Hall–Kier alpha value is -1.07. The standard InChI is InChI=1S/C11H13BrN2O2/c12-8-1-2-10(15)9(5-8)14-11(16)7-3-4-13-6-7/h1-2,5,7,13,15H,3-4,6H2,(H,14,16). The summed E-state index contributed by atoms with van der Waals surface area (Å²) in [6.45, 7) is 1.59. The maximum atomic E-state index is 11.8. The van der Waals surface area contributed by atoms with Crippen LogP contribution in [0.15, 0.2) is 22.7 Å². The number of hydrogen-bond acceptors (Lipinski definition) is 3. The van der Waals surface area contributed by atoms with Gasteiger partial charge in [0, 0.05) is 11.0 Å². The first-order valence-corrected chi connectivity index (χ1v) is 5.96. The fourth-order valence-corrected chi connectivity index (χ4v) is 2.08. The topological polar surface area (TPSA) is 61.4 Å². The van der Waals surface area contributed by atoms with Gasteiger partial charge in [0.15, 0.2) is 0 Å². The van der Waals surface area contributed by atoms with Crippen molar-refractivity contribution in [3.05, 3.63) is 22.7 Å². The summed E-state index contributed by atoms with van der Waals surface area (Å²) in [5.41, 5.74) is 0.450. The monoisotopic (exact) mass is 284 g/mol. The number of hydrogen-bond donors (Lipinski definition) is 3. The van der Waals surface area contributed by atoms with Gasteiger partial charge in [0.05, 0.1) is 11.6 Å². The third-order valence-electron chi connectivity index (χ3n) is 2.65. The highest BCUT2D eigenvalue weighted by molar-refractivity contribution is 9.10. The summed E-state index contributed by atoms with van der Waals surface area (Å²) in [6.07, 6.45) is 0.848. The van der Waals surface area contributed by atoms with Crippen LogP contribution >= 0.6 is 15.9 Å². The summed E-state index contributed by atoms with van der Waals surface area (Å²) < 4.78 is 0.824. The van der Waals surface area contributed by atoms with E-state index in [4.69, 9.17) is 0 Å². The Kier molecular flexibility index (Phi) is 3.46. The van der Waals surface area contributed by atoms with E-state index in [0.717, 1.165) is 17.4 Å². The zero-order valence-electron chi connectivity index (χ0n) is 8.66. The Balaban J connectivity index is 2.07. The van der Waals surface area contributed by atoms with Crippen molar-refractivity contribution in [3.63, 3.8) is 0 Å². The zero-order valence-corrected chi connectivity index (χ0v) is 10.3. The van der Waals surface area contributed by atoms with Crippen molar-refractivity contribution in [2.45, 2.75) is 6.42 Å². The second-order valence-corrected chi connectivity index (χ2v) is 4.76. The lowest BCUT2D eigenvalue weighted by Gasteiger charge is -2.11. The van der Waals surface area contributed by atoms with Crippen molar-refractivity contribution in [1.82, 2.24) is 5.32 Å². The van der Waals surface area contributed by atoms with Crippen LogP contribution in [-0.4, -0.2) is 24.1 Å². The number of benzene rings is 1. The minimum atomic E-state index is -0.0431. The van der Waals surface area contributed by atoms with Gasteiger partial charge in [-0.25, -0.2) is 0 Å². The normalized spacial score (nSPS) is 19.7. The molecule has 1 atom stereocenters. The number of aromatic hydroxyl groups is 1. The van der Waals surface area contributed by atoms with Crippen LogP contribution in [0.3, 0.4) is 0 Å². The van der Waals surface area contributed by atoms with Crippen molar-refractivity contribution < 1.29 is 9.90 Å². The van der Waals surface area contributed by atoms with E-state index in [2.05, 4.69) is 26.6 Å². The van der Waals surface area contributed by atoms with E-state index in [0.29, 0.717) is 12.2 Å². The Morgan fingerprint density at radius 1 is 1.56 bits per heavy atom. The van der Waals surface area contributed by atoms with Gasteiger partial charge in [-0.15, -0.1) is 0 Å². The molecular weight excluding hydrogens is 272 g/mol. The third kappa shape index (κ3) is 2.54. The highest BCUT2D eigenvalue weighted by Crippen LogP contribution is 2.27. The lowest BCUT2D eigenvalue weighted by Crippen LogP contribution is -2.24. The quantitative estimate of drug-likeness (QED) is 0.725. The summed E-state index contributed by atoms with van der Waals surface area (Å²) in [6, 6.07) is 4.96. The SMILES string of the molecule is O=C(Nc1cc(Br)ccc1O)C1CCNC1. The molecule has 3 N–H and O–H groups in total. The van der Waals surface area contributed by atoms with E-state index >= 15 is 0 Å². The Bertz CT molecular complexity index is 403. The molecule has 0 bridgehead atoms. The molecular formula is C11H13BrN2O2. The molecule has 1 aromatic rings. The van der Waals surface area contributed by atoms with Crippen molar-refractivity contribution >= 4 is 27.5 Å². The molecule has 1 aromatic carbocycles. The highest BCUT2D eigenvalue weighted by Gasteiger charge is 2.22. The summed E-state index contributed by atoms with van der Waals surface area (Å²) >= 11 is 3.29. The van der Waals surface area contributed by atoms with E-state index in [1.54, 1.807) is 18.2 Å². The molecule has 1 saturated heterocycles. The minimum Gasteiger partial charge on any atom is -0.506 e. The third-order valence-corrected chi connectivity index (χ3v) is 3.14. The fraction of sp³-hybridized carbons (Fsp3) is 0.364. The van der Waals surface area contributed by atoms with Gasteiger partial charge < -0.3 is 15.7 Å². The molecule has 0 spiro atoms. The molecule has 86 valence electrons. The maximum Gasteiger partial charge on any atom is 0.228 e. The lowest BCUT2D eigenvalue weighted by atomic mass is 10.1. The summed E-state index contributed by atoms with van der Waals surface area (Å²) in [5.74, 6) is 0.0410. The van der Waals surface area contributed by atoms with E-state index in [9.17, 15) is 9.90 Å². The lowest BCUT2D eigenvalue weighted by molar-refractivity contribution is -0.119. The number of carbonyl (C=O) groups is 1. The number of halogens is 1. The first kappa shape index (κ1) is 11.4. The molecule has 1 aliphatic rings. The molecule has 1 aliphatic heterocycles. The first-order chi connectivity index (χ1) is 7.66. The molecule has 5 heteroatoms. The van der Waals surface area contributed by atoms with Gasteiger partial charge in [-0.05, 0) is 31.2 Å². The number of phenolic OH excluding ortho intramolecular Hbond substituents is 1. The molecule has 0 aliphatic carbocycles. The van der Waals surface area contributed by atoms with Crippen LogP contribution < -0.4 is 10.6 Å². The largest absolute Gasteiger partial charge is 0.506 e. The molecule has 0 saturated carbocycles. The molecule has 1 fully saturated rings. The predicted octanol–water partition coefficient (Wildman–Crippen LogP) is 1.70. The van der Waals surface area contributed by atoms with Crippen LogP contribution in [0.4, 0.5) is 5.69 Å². The van der Waals surface area contributed by atoms with E-state index in [1.807, 2.05) is 0 Å². The Morgan fingerprint density at radius 3 is 3.06 bits per heavy atom. The maximum absolute atomic E-state index is 11.8. The fourth-order valence-electron chi connectivity index (χ4n) is 1.72. The second-order valence-electron chi connectivity index (χ2n) is 3.84. The molecule has 2 rings (SSSR count). The highest BCUT2D eigenvalue weighted by atomic mass is 79.9. The summed E-state index contributed by atoms with van der Waals surface area (Å²) in [7, 11) is 0. The molecule has 1 amide bonds. The Morgan fingerprint density at radius 2 is 2.38 bits per heavy atom. The molecule has 1 heterocycles. The van der Waals surface area contributed by atoms with E-state index in [1.165, 1.54) is 0 Å². The van der Waals surface area contributed by atoms with Crippen molar-refractivity contribution in [2.75, 3.05) is 18.4 Å².